The third-order valence-corrected chi connectivity index (χ3v) is 4.63. The summed E-state index contributed by atoms with van der Waals surface area (Å²) in [5, 5.41) is 6.98. The monoisotopic (exact) mass is 467 g/mol. The van der Waals surface area contributed by atoms with E-state index in [1.165, 1.54) is 43.2 Å². The van der Waals surface area contributed by atoms with Crippen LogP contribution in [0, 0.1) is 0 Å². The van der Waals surface area contributed by atoms with Crippen LogP contribution in [0.15, 0.2) is 48.0 Å². The lowest BCUT2D eigenvalue weighted by Crippen LogP contribution is -2.44. The summed E-state index contributed by atoms with van der Waals surface area (Å²) in [7, 11) is 0. The van der Waals surface area contributed by atoms with Gasteiger partial charge in [0.05, 0.1) is 12.9 Å². The lowest BCUT2D eigenvalue weighted by Gasteiger charge is -2.24. The minimum Gasteiger partial charge on any atom is -0.357 e. The van der Waals surface area contributed by atoms with Gasteiger partial charge in [0.2, 0.25) is 0 Å². The van der Waals surface area contributed by atoms with Gasteiger partial charge in [-0.15, -0.1) is 24.0 Å². The Hall–Kier alpha value is -1.57. The molecule has 0 amide bonds. The number of aromatic nitrogens is 2. The molecule has 2 aromatic rings. The quantitative estimate of drug-likeness (QED) is 0.385. The van der Waals surface area contributed by atoms with E-state index in [9.17, 15) is 0 Å². The molecule has 1 heterocycles. The number of nitrogens with one attached hydrogen (secondary N) is 2. The maximum atomic E-state index is 4.79. The molecule has 26 heavy (non-hydrogen) atoms. The minimum atomic E-state index is 0. The second-order valence-corrected chi connectivity index (χ2v) is 6.73. The van der Waals surface area contributed by atoms with Crippen molar-refractivity contribution in [2.24, 2.45) is 4.99 Å². The van der Waals surface area contributed by atoms with Gasteiger partial charge in [-0.1, -0.05) is 43.5 Å². The molecule has 0 radical (unpaired) electrons. The summed E-state index contributed by atoms with van der Waals surface area (Å²) < 4.78 is 2.08. The summed E-state index contributed by atoms with van der Waals surface area (Å²) in [5.74, 6) is 0.939. The molecule has 6 heteroatoms. The van der Waals surface area contributed by atoms with Crippen LogP contribution in [0.5, 0.6) is 0 Å². The molecule has 0 aliphatic heterocycles. The standard InChI is InChI=1S/C20H29N5.HI/c1-2-22-20(24-19-9-4-3-5-10-19)23-14-17-7-6-8-18(13-17)15-25-12-11-21-16-25;/h6-8,11-13,16,19H,2-5,9-10,14-15H2,1H3,(H2,22,23,24);1H. The van der Waals surface area contributed by atoms with Gasteiger partial charge in [0, 0.05) is 31.5 Å². The first kappa shape index (κ1) is 20.7. The number of imidazole rings is 1. The van der Waals surface area contributed by atoms with E-state index in [0.717, 1.165) is 19.0 Å². The number of aliphatic imine (C=N–C) groups is 1. The first-order valence-corrected chi connectivity index (χ1v) is 9.42. The molecule has 1 saturated carbocycles. The zero-order valence-corrected chi connectivity index (χ0v) is 17.9. The topological polar surface area (TPSA) is 54.2 Å². The Kier molecular flexibility index (Phi) is 8.94. The first-order chi connectivity index (χ1) is 12.3. The molecule has 1 fully saturated rings. The molecule has 0 saturated heterocycles. The van der Waals surface area contributed by atoms with Crippen molar-refractivity contribution >= 4 is 29.9 Å². The highest BCUT2D eigenvalue weighted by Crippen LogP contribution is 2.17. The lowest BCUT2D eigenvalue weighted by atomic mass is 9.96. The predicted molar refractivity (Wildman–Crippen MR) is 118 cm³/mol. The molecule has 0 atom stereocenters. The molecule has 0 spiro atoms. The summed E-state index contributed by atoms with van der Waals surface area (Å²) >= 11 is 0. The van der Waals surface area contributed by atoms with Gasteiger partial charge in [-0.25, -0.2) is 9.98 Å². The van der Waals surface area contributed by atoms with E-state index in [1.807, 2.05) is 18.7 Å². The van der Waals surface area contributed by atoms with E-state index in [-0.39, 0.29) is 24.0 Å². The Morgan fingerprint density at radius 1 is 1.23 bits per heavy atom. The van der Waals surface area contributed by atoms with Gasteiger partial charge in [0.1, 0.15) is 0 Å². The van der Waals surface area contributed by atoms with Crippen LogP contribution in [-0.2, 0) is 13.1 Å². The zero-order chi connectivity index (χ0) is 17.3. The third kappa shape index (κ3) is 6.63. The van der Waals surface area contributed by atoms with Crippen LogP contribution in [0.3, 0.4) is 0 Å². The van der Waals surface area contributed by atoms with Gasteiger partial charge in [-0.2, -0.15) is 0 Å². The van der Waals surface area contributed by atoms with Gasteiger partial charge < -0.3 is 15.2 Å². The Balaban J connectivity index is 0.00000243. The second kappa shape index (κ2) is 11.2. The Labute approximate surface area is 173 Å². The maximum Gasteiger partial charge on any atom is 0.191 e. The summed E-state index contributed by atoms with van der Waals surface area (Å²) in [6, 6.07) is 9.20. The maximum absolute atomic E-state index is 4.79. The van der Waals surface area contributed by atoms with Crippen LogP contribution >= 0.6 is 24.0 Å². The number of benzene rings is 1. The molecule has 1 aliphatic rings. The van der Waals surface area contributed by atoms with Crippen molar-refractivity contribution in [1.82, 2.24) is 20.2 Å². The number of rotatable bonds is 6. The first-order valence-electron chi connectivity index (χ1n) is 9.42. The van der Waals surface area contributed by atoms with Gasteiger partial charge in [0.15, 0.2) is 5.96 Å². The van der Waals surface area contributed by atoms with Crippen molar-refractivity contribution in [3.8, 4) is 0 Å². The second-order valence-electron chi connectivity index (χ2n) is 6.73. The lowest BCUT2D eigenvalue weighted by molar-refractivity contribution is 0.410. The predicted octanol–water partition coefficient (Wildman–Crippen LogP) is 3.94. The number of nitrogens with zero attached hydrogens (tertiary/aromatic N) is 3. The van der Waals surface area contributed by atoms with Crippen molar-refractivity contribution in [3.05, 3.63) is 54.1 Å². The molecule has 5 nitrogen and oxygen atoms in total. The van der Waals surface area contributed by atoms with E-state index in [0.29, 0.717) is 12.6 Å². The summed E-state index contributed by atoms with van der Waals surface area (Å²) in [5.41, 5.74) is 2.51. The molecule has 3 rings (SSSR count). The molecule has 1 aromatic carbocycles. The normalized spacial score (nSPS) is 15.3. The molecule has 0 bridgehead atoms. The summed E-state index contributed by atoms with van der Waals surface area (Å²) in [6.45, 7) is 4.54. The van der Waals surface area contributed by atoms with E-state index >= 15 is 0 Å². The Morgan fingerprint density at radius 3 is 2.77 bits per heavy atom. The smallest absolute Gasteiger partial charge is 0.191 e. The van der Waals surface area contributed by atoms with Gasteiger partial charge in [-0.05, 0) is 30.9 Å². The van der Waals surface area contributed by atoms with Gasteiger partial charge in [0.25, 0.3) is 0 Å². The van der Waals surface area contributed by atoms with Crippen molar-refractivity contribution < 1.29 is 0 Å². The van der Waals surface area contributed by atoms with Crippen LogP contribution in [0.25, 0.3) is 0 Å². The van der Waals surface area contributed by atoms with E-state index in [4.69, 9.17) is 4.99 Å². The third-order valence-electron chi connectivity index (χ3n) is 4.63. The van der Waals surface area contributed by atoms with Crippen molar-refractivity contribution in [2.45, 2.75) is 58.2 Å². The minimum absolute atomic E-state index is 0. The van der Waals surface area contributed by atoms with E-state index < -0.39 is 0 Å². The number of halogens is 1. The van der Waals surface area contributed by atoms with Crippen molar-refractivity contribution in [1.29, 1.82) is 0 Å². The number of hydrogen-bond donors (Lipinski definition) is 2. The van der Waals surface area contributed by atoms with Gasteiger partial charge in [-0.3, -0.25) is 0 Å². The average Bonchev–Trinajstić information content (AvgIpc) is 3.14. The molecule has 2 N–H and O–H groups in total. The summed E-state index contributed by atoms with van der Waals surface area (Å²) in [6.07, 6.45) is 12.2. The van der Waals surface area contributed by atoms with E-state index in [1.54, 1.807) is 0 Å². The average molecular weight is 467 g/mol. The fourth-order valence-corrected chi connectivity index (χ4v) is 3.35. The highest BCUT2D eigenvalue weighted by atomic mass is 127. The zero-order valence-electron chi connectivity index (χ0n) is 15.5. The molecule has 1 aromatic heterocycles. The number of guanidine groups is 1. The van der Waals surface area contributed by atoms with Crippen LogP contribution < -0.4 is 10.6 Å². The van der Waals surface area contributed by atoms with Crippen LogP contribution in [-0.4, -0.2) is 28.1 Å². The van der Waals surface area contributed by atoms with Crippen LogP contribution in [0.1, 0.15) is 50.2 Å². The fraction of sp³-hybridized carbons (Fsp3) is 0.500. The molecule has 1 aliphatic carbocycles. The highest BCUT2D eigenvalue weighted by Gasteiger charge is 2.14. The Bertz CT molecular complexity index is 663. The SMILES string of the molecule is CCNC(=NCc1cccc(Cn2ccnc2)c1)NC1CCCCC1.I. The van der Waals surface area contributed by atoms with Crippen LogP contribution in [0.2, 0.25) is 0 Å². The molecular formula is C20H30IN5. The highest BCUT2D eigenvalue weighted by molar-refractivity contribution is 14.0. The largest absolute Gasteiger partial charge is 0.357 e. The van der Waals surface area contributed by atoms with E-state index in [2.05, 4.69) is 51.4 Å². The molecule has 0 unspecified atom stereocenters. The summed E-state index contributed by atoms with van der Waals surface area (Å²) in [4.78, 5) is 8.89. The fourth-order valence-electron chi connectivity index (χ4n) is 3.35. The Morgan fingerprint density at radius 2 is 2.04 bits per heavy atom. The van der Waals surface area contributed by atoms with Gasteiger partial charge >= 0.3 is 0 Å². The number of hydrogen-bond acceptors (Lipinski definition) is 2. The molecular weight excluding hydrogens is 437 g/mol. The van der Waals surface area contributed by atoms with Crippen LogP contribution in [0.4, 0.5) is 0 Å². The van der Waals surface area contributed by atoms with Crippen molar-refractivity contribution in [2.75, 3.05) is 6.54 Å². The molecule has 142 valence electrons. The van der Waals surface area contributed by atoms with Crippen molar-refractivity contribution in [3.63, 3.8) is 0 Å².